The number of aliphatic hydroxyl groups is 1. The molecule has 0 saturated carbocycles. The Morgan fingerprint density at radius 2 is 1.62 bits per heavy atom. The summed E-state index contributed by atoms with van der Waals surface area (Å²) in [7, 11) is 9.75. The van der Waals surface area contributed by atoms with E-state index < -0.39 is 16.5 Å². The van der Waals surface area contributed by atoms with Crippen molar-refractivity contribution in [1.29, 1.82) is 0 Å². The number of nitrogens with two attached hydrogens (primary N) is 1. The molecule has 3 nitrogen and oxygen atoms in total. The summed E-state index contributed by atoms with van der Waals surface area (Å²) in [5.74, 6) is 0. The third-order valence-corrected chi connectivity index (χ3v) is 0.129. The van der Waals surface area contributed by atoms with Gasteiger partial charge in [0.2, 0.25) is 0 Å². The molecule has 0 aliphatic carbocycles. The standard InChI is InChI=1S/C2H7NO.2ClH.H3N.Pt/c3-1-2-4;;;;/h4H,1-3H2;2*1H;1H3;/q;;;;+2/p-2. The molecule has 0 rings (SSSR count). The van der Waals surface area contributed by atoms with E-state index in [1.54, 1.807) is 0 Å². The summed E-state index contributed by atoms with van der Waals surface area (Å²) >= 11 is -0.472. The van der Waals surface area contributed by atoms with E-state index in [0.717, 1.165) is 0 Å². The number of hydrogen-bond acceptors (Lipinski definition) is 3. The number of hydrogen-bond donors (Lipinski definition) is 3. The van der Waals surface area contributed by atoms with Crippen molar-refractivity contribution in [2.24, 2.45) is 5.73 Å². The van der Waals surface area contributed by atoms with Gasteiger partial charge in [-0.3, -0.25) is 0 Å². The Kier molecular flexibility index (Phi) is 48.6. The quantitative estimate of drug-likeness (QED) is 0.647. The van der Waals surface area contributed by atoms with Gasteiger partial charge in [0.1, 0.15) is 0 Å². The maximum absolute atomic E-state index is 7.75. The van der Waals surface area contributed by atoms with Crippen LogP contribution in [-0.2, 0) is 16.5 Å². The maximum atomic E-state index is 7.75. The van der Waals surface area contributed by atoms with E-state index in [4.69, 9.17) is 29.7 Å². The molecule has 8 heavy (non-hydrogen) atoms. The van der Waals surface area contributed by atoms with Crippen LogP contribution in [0, 0.1) is 0 Å². The summed E-state index contributed by atoms with van der Waals surface area (Å²) in [6, 6.07) is 0. The third kappa shape index (κ3) is 58.5. The van der Waals surface area contributed by atoms with Crippen molar-refractivity contribution in [3.05, 3.63) is 0 Å². The van der Waals surface area contributed by atoms with Gasteiger partial charge in [-0.25, -0.2) is 0 Å². The van der Waals surface area contributed by atoms with Gasteiger partial charge in [0.15, 0.2) is 0 Å². The first-order valence-electron chi connectivity index (χ1n) is 1.46. The van der Waals surface area contributed by atoms with E-state index in [1.807, 2.05) is 0 Å². The Morgan fingerprint density at radius 3 is 1.62 bits per heavy atom. The average Bonchev–Trinajstić information content (AvgIpc) is 1.69. The third-order valence-electron chi connectivity index (χ3n) is 0.129. The fraction of sp³-hybridized carbons (Fsp3) is 1.00. The van der Waals surface area contributed by atoms with Crippen LogP contribution >= 0.6 is 18.8 Å². The monoisotopic (exact) mass is 343 g/mol. The Labute approximate surface area is 65.5 Å². The number of rotatable bonds is 1. The second-order valence-corrected chi connectivity index (χ2v) is 3.84. The van der Waals surface area contributed by atoms with Crippen molar-refractivity contribution in [3.8, 4) is 0 Å². The topological polar surface area (TPSA) is 81.2 Å². The van der Waals surface area contributed by atoms with Gasteiger partial charge >= 0.3 is 35.3 Å². The average molecular weight is 344 g/mol. The van der Waals surface area contributed by atoms with Crippen LogP contribution in [-0.4, -0.2) is 18.3 Å². The molecule has 0 aromatic heterocycles. The fourth-order valence-electron chi connectivity index (χ4n) is 0. The van der Waals surface area contributed by atoms with Crippen LogP contribution in [0.5, 0.6) is 0 Å². The molecule has 0 amide bonds. The van der Waals surface area contributed by atoms with E-state index in [1.165, 1.54) is 0 Å². The van der Waals surface area contributed by atoms with Crippen LogP contribution in [0.4, 0.5) is 0 Å². The Hall–Kier alpha value is 1.15. The molecule has 0 aromatic carbocycles. The van der Waals surface area contributed by atoms with Gasteiger partial charge in [0.25, 0.3) is 0 Å². The molecule has 0 atom stereocenters. The van der Waals surface area contributed by atoms with Crippen LogP contribution in [0.1, 0.15) is 0 Å². The van der Waals surface area contributed by atoms with Crippen LogP contribution in [0.3, 0.4) is 0 Å². The second kappa shape index (κ2) is 24.2. The Balaban J connectivity index is -0.0000000575. The molecule has 0 aliphatic heterocycles. The zero-order chi connectivity index (χ0) is 6.12. The molecule has 0 aliphatic rings. The first-order valence-corrected chi connectivity index (χ1v) is 7.09. The summed E-state index contributed by atoms with van der Waals surface area (Å²) in [4.78, 5) is 0. The van der Waals surface area contributed by atoms with E-state index in [2.05, 4.69) is 0 Å². The van der Waals surface area contributed by atoms with Crippen LogP contribution in [0.15, 0.2) is 0 Å². The first kappa shape index (κ1) is 16.1. The van der Waals surface area contributed by atoms with Gasteiger partial charge in [0.05, 0.1) is 6.61 Å². The zero-order valence-electron chi connectivity index (χ0n) is 4.22. The molecule has 58 valence electrons. The molecule has 0 spiro atoms. The molecule has 0 saturated heterocycles. The minimum atomic E-state index is -0.472. The van der Waals surface area contributed by atoms with Gasteiger partial charge in [-0.05, 0) is 0 Å². The Bertz CT molecular complexity index is 25.5. The predicted molar refractivity (Wildman–Crippen MR) is 32.9 cm³/mol. The van der Waals surface area contributed by atoms with Crippen LogP contribution in [0.25, 0.3) is 0 Å². The molecule has 0 radical (unpaired) electrons. The fourth-order valence-corrected chi connectivity index (χ4v) is 0. The van der Waals surface area contributed by atoms with Crippen LogP contribution < -0.4 is 11.9 Å². The van der Waals surface area contributed by atoms with E-state index in [0.29, 0.717) is 6.54 Å². The summed E-state index contributed by atoms with van der Waals surface area (Å²) in [5, 5.41) is 7.75. The molecule has 6 N–H and O–H groups in total. The molecule has 0 bridgehead atoms. The molecule has 0 fully saturated rings. The van der Waals surface area contributed by atoms with Gasteiger partial charge < -0.3 is 17.0 Å². The predicted octanol–water partition coefficient (Wildman–Crippen LogP) is 0.476. The van der Waals surface area contributed by atoms with Crippen molar-refractivity contribution in [2.45, 2.75) is 0 Å². The van der Waals surface area contributed by atoms with E-state index >= 15 is 0 Å². The van der Waals surface area contributed by atoms with E-state index in [9.17, 15) is 0 Å². The zero-order valence-corrected chi connectivity index (χ0v) is 8.00. The minimum absolute atomic E-state index is 0. The van der Waals surface area contributed by atoms with Crippen molar-refractivity contribution in [2.75, 3.05) is 13.2 Å². The van der Waals surface area contributed by atoms with Crippen molar-refractivity contribution < 1.29 is 21.6 Å². The second-order valence-electron chi connectivity index (χ2n) is 0.557. The van der Waals surface area contributed by atoms with Gasteiger partial charge in [-0.2, -0.15) is 0 Å². The summed E-state index contributed by atoms with van der Waals surface area (Å²) in [5.41, 5.74) is 4.78. The SMILES string of the molecule is N.NCCO.[Cl][Pt][Cl]. The Morgan fingerprint density at radius 1 is 1.50 bits per heavy atom. The van der Waals surface area contributed by atoms with Gasteiger partial charge in [-0.15, -0.1) is 0 Å². The van der Waals surface area contributed by atoms with Crippen molar-refractivity contribution >= 4 is 18.8 Å². The van der Waals surface area contributed by atoms with E-state index in [-0.39, 0.29) is 12.8 Å². The molecular weight excluding hydrogens is 334 g/mol. The van der Waals surface area contributed by atoms with Crippen LogP contribution in [0.2, 0.25) is 0 Å². The summed E-state index contributed by atoms with van der Waals surface area (Å²) in [6.07, 6.45) is 0. The molecule has 6 heteroatoms. The molecule has 0 aromatic rings. The summed E-state index contributed by atoms with van der Waals surface area (Å²) in [6.45, 7) is 0.472. The first-order chi connectivity index (χ1) is 3.33. The summed E-state index contributed by atoms with van der Waals surface area (Å²) < 4.78 is 0. The molecule has 0 heterocycles. The van der Waals surface area contributed by atoms with Crippen molar-refractivity contribution in [1.82, 2.24) is 6.15 Å². The molecule has 0 unspecified atom stereocenters. The number of halogens is 2. The van der Waals surface area contributed by atoms with Crippen molar-refractivity contribution in [3.63, 3.8) is 0 Å². The normalized spacial score (nSPS) is 6.50. The van der Waals surface area contributed by atoms with Gasteiger partial charge in [0, 0.05) is 6.54 Å². The number of aliphatic hydroxyl groups excluding tert-OH is 1. The van der Waals surface area contributed by atoms with Gasteiger partial charge in [-0.1, -0.05) is 0 Å². The molecular formula is C2H10Cl2N2OPt.